The molecule has 0 aromatic heterocycles. The summed E-state index contributed by atoms with van der Waals surface area (Å²) in [7, 11) is 1.66. The molecule has 0 bridgehead atoms. The molecule has 1 aliphatic heterocycles. The number of halogens is 3. The molecular formula is C13H14F3NO2. The van der Waals surface area contributed by atoms with Gasteiger partial charge in [-0.05, 0) is 24.6 Å². The van der Waals surface area contributed by atoms with E-state index in [9.17, 15) is 18.0 Å². The van der Waals surface area contributed by atoms with Crippen molar-refractivity contribution in [3.05, 3.63) is 35.4 Å². The molecule has 1 aliphatic rings. The summed E-state index contributed by atoms with van der Waals surface area (Å²) in [5.41, 5.74) is -0.903. The molecule has 1 heterocycles. The third-order valence-electron chi connectivity index (χ3n) is 3.26. The zero-order valence-corrected chi connectivity index (χ0v) is 10.6. The molecule has 1 aromatic rings. The highest BCUT2D eigenvalue weighted by Gasteiger charge is 2.41. The van der Waals surface area contributed by atoms with Gasteiger partial charge in [0.25, 0.3) is 0 Å². The SMILES string of the molecule is CN1O[C@](C)(C=O)C[C@H]1c1ccc(C(F)(F)F)cc1. The van der Waals surface area contributed by atoms with Gasteiger partial charge in [-0.1, -0.05) is 12.1 Å². The van der Waals surface area contributed by atoms with E-state index < -0.39 is 17.3 Å². The van der Waals surface area contributed by atoms with Crippen LogP contribution in [0.5, 0.6) is 0 Å². The van der Waals surface area contributed by atoms with Crippen molar-refractivity contribution in [3.8, 4) is 0 Å². The average Bonchev–Trinajstić information content (AvgIpc) is 2.65. The van der Waals surface area contributed by atoms with Crippen LogP contribution in [0.15, 0.2) is 24.3 Å². The Hall–Kier alpha value is -1.40. The minimum Gasteiger partial charge on any atom is -0.300 e. The molecule has 19 heavy (non-hydrogen) atoms. The van der Waals surface area contributed by atoms with Gasteiger partial charge in [0.05, 0.1) is 11.6 Å². The molecule has 6 heteroatoms. The number of rotatable bonds is 2. The molecule has 0 amide bonds. The highest BCUT2D eigenvalue weighted by Crippen LogP contribution is 2.39. The van der Waals surface area contributed by atoms with Crippen LogP contribution in [-0.2, 0) is 15.8 Å². The molecule has 0 saturated carbocycles. The maximum absolute atomic E-state index is 12.5. The molecule has 0 aliphatic carbocycles. The highest BCUT2D eigenvalue weighted by atomic mass is 19.4. The Kier molecular flexibility index (Phi) is 3.40. The second-order valence-corrected chi connectivity index (χ2v) is 4.91. The minimum absolute atomic E-state index is 0.225. The maximum atomic E-state index is 12.5. The summed E-state index contributed by atoms with van der Waals surface area (Å²) in [6.45, 7) is 1.65. The van der Waals surface area contributed by atoms with Crippen molar-refractivity contribution >= 4 is 6.29 Å². The van der Waals surface area contributed by atoms with Crippen LogP contribution in [0.2, 0.25) is 0 Å². The van der Waals surface area contributed by atoms with Gasteiger partial charge >= 0.3 is 6.18 Å². The summed E-state index contributed by atoms with van der Waals surface area (Å²) >= 11 is 0. The summed E-state index contributed by atoms with van der Waals surface area (Å²) in [4.78, 5) is 16.3. The third-order valence-corrected chi connectivity index (χ3v) is 3.26. The number of benzene rings is 1. The van der Waals surface area contributed by atoms with E-state index in [0.29, 0.717) is 18.3 Å². The standard InChI is InChI=1S/C13H14F3NO2/c1-12(8-18)7-11(17(2)19-12)9-3-5-10(6-4-9)13(14,15)16/h3-6,8,11H,7H2,1-2H3/t11-,12-/m0/s1. The molecule has 0 radical (unpaired) electrons. The largest absolute Gasteiger partial charge is 0.416 e. The number of hydrogen-bond donors (Lipinski definition) is 0. The molecule has 104 valence electrons. The van der Waals surface area contributed by atoms with Crippen LogP contribution in [0.4, 0.5) is 13.2 Å². The Labute approximate surface area is 108 Å². The first-order chi connectivity index (χ1) is 8.75. The quantitative estimate of drug-likeness (QED) is 0.776. The van der Waals surface area contributed by atoms with Gasteiger partial charge in [0.15, 0.2) is 6.29 Å². The van der Waals surface area contributed by atoms with E-state index in [0.717, 1.165) is 12.1 Å². The van der Waals surface area contributed by atoms with Gasteiger partial charge in [-0.3, -0.25) is 4.84 Å². The van der Waals surface area contributed by atoms with Crippen LogP contribution < -0.4 is 0 Å². The fourth-order valence-electron chi connectivity index (χ4n) is 2.23. The van der Waals surface area contributed by atoms with Crippen molar-refractivity contribution in [3.63, 3.8) is 0 Å². The van der Waals surface area contributed by atoms with Crippen LogP contribution in [0, 0.1) is 0 Å². The Morgan fingerprint density at radius 3 is 2.37 bits per heavy atom. The van der Waals surface area contributed by atoms with Gasteiger partial charge in [0.2, 0.25) is 0 Å². The fraction of sp³-hybridized carbons (Fsp3) is 0.462. The van der Waals surface area contributed by atoms with E-state index in [1.165, 1.54) is 17.2 Å². The predicted octanol–water partition coefficient (Wildman–Crippen LogP) is 2.97. The highest BCUT2D eigenvalue weighted by molar-refractivity contribution is 5.62. The Morgan fingerprint density at radius 2 is 1.95 bits per heavy atom. The number of hydrogen-bond acceptors (Lipinski definition) is 3. The van der Waals surface area contributed by atoms with E-state index >= 15 is 0 Å². The van der Waals surface area contributed by atoms with Crippen molar-refractivity contribution in [1.82, 2.24) is 5.06 Å². The van der Waals surface area contributed by atoms with E-state index in [1.807, 2.05) is 0 Å². The minimum atomic E-state index is -4.34. The lowest BCUT2D eigenvalue weighted by Gasteiger charge is -2.18. The normalized spacial score (nSPS) is 28.6. The molecule has 2 atom stereocenters. The number of aldehydes is 1. The molecule has 0 spiro atoms. The van der Waals surface area contributed by atoms with Crippen molar-refractivity contribution in [2.75, 3.05) is 7.05 Å². The van der Waals surface area contributed by atoms with E-state index in [-0.39, 0.29) is 6.04 Å². The van der Waals surface area contributed by atoms with E-state index in [1.54, 1.807) is 14.0 Å². The summed E-state index contributed by atoms with van der Waals surface area (Å²) in [6.07, 6.45) is -3.21. The summed E-state index contributed by atoms with van der Waals surface area (Å²) in [5.74, 6) is 0. The van der Waals surface area contributed by atoms with Gasteiger partial charge in [0, 0.05) is 13.5 Å². The van der Waals surface area contributed by atoms with Crippen molar-refractivity contribution in [1.29, 1.82) is 0 Å². The predicted molar refractivity (Wildman–Crippen MR) is 62.1 cm³/mol. The van der Waals surface area contributed by atoms with Gasteiger partial charge in [-0.2, -0.15) is 18.2 Å². The zero-order chi connectivity index (χ0) is 14.3. The maximum Gasteiger partial charge on any atom is 0.416 e. The lowest BCUT2D eigenvalue weighted by Crippen LogP contribution is -2.27. The summed E-state index contributed by atoms with van der Waals surface area (Å²) in [5, 5.41) is 1.51. The molecule has 1 saturated heterocycles. The second-order valence-electron chi connectivity index (χ2n) is 4.91. The Bertz CT molecular complexity index is 472. The first-order valence-electron chi connectivity index (χ1n) is 5.81. The fourth-order valence-corrected chi connectivity index (χ4v) is 2.23. The number of alkyl halides is 3. The summed E-state index contributed by atoms with van der Waals surface area (Å²) in [6, 6.07) is 4.70. The first kappa shape index (κ1) is 14.0. The van der Waals surface area contributed by atoms with Crippen LogP contribution in [0.25, 0.3) is 0 Å². The lowest BCUT2D eigenvalue weighted by atomic mass is 9.94. The first-order valence-corrected chi connectivity index (χ1v) is 5.81. The average molecular weight is 273 g/mol. The Balaban J connectivity index is 2.22. The summed E-state index contributed by atoms with van der Waals surface area (Å²) < 4.78 is 37.4. The van der Waals surface area contributed by atoms with Gasteiger partial charge in [-0.25, -0.2) is 0 Å². The topological polar surface area (TPSA) is 29.5 Å². The molecule has 2 rings (SSSR count). The van der Waals surface area contributed by atoms with E-state index in [4.69, 9.17) is 4.84 Å². The van der Waals surface area contributed by atoms with Gasteiger partial charge in [0.1, 0.15) is 5.60 Å². The Morgan fingerprint density at radius 1 is 1.37 bits per heavy atom. The van der Waals surface area contributed by atoms with Gasteiger partial charge < -0.3 is 4.79 Å². The zero-order valence-electron chi connectivity index (χ0n) is 10.6. The van der Waals surface area contributed by atoms with Crippen LogP contribution in [-0.4, -0.2) is 24.0 Å². The van der Waals surface area contributed by atoms with Crippen LogP contribution >= 0.6 is 0 Å². The number of carbonyl (C=O) groups is 1. The molecule has 3 nitrogen and oxygen atoms in total. The van der Waals surface area contributed by atoms with Crippen molar-refractivity contribution in [2.24, 2.45) is 0 Å². The second kappa shape index (κ2) is 4.61. The smallest absolute Gasteiger partial charge is 0.300 e. The van der Waals surface area contributed by atoms with Crippen molar-refractivity contribution in [2.45, 2.75) is 31.2 Å². The molecule has 0 unspecified atom stereocenters. The van der Waals surface area contributed by atoms with Crippen molar-refractivity contribution < 1.29 is 22.8 Å². The lowest BCUT2D eigenvalue weighted by molar-refractivity contribution is -0.182. The van der Waals surface area contributed by atoms with Crippen LogP contribution in [0.3, 0.4) is 0 Å². The monoisotopic (exact) mass is 273 g/mol. The third kappa shape index (κ3) is 2.79. The van der Waals surface area contributed by atoms with Gasteiger partial charge in [-0.15, -0.1) is 0 Å². The van der Waals surface area contributed by atoms with E-state index in [2.05, 4.69) is 0 Å². The molecule has 1 aromatic carbocycles. The number of nitrogens with zero attached hydrogens (tertiary/aromatic N) is 1. The van der Waals surface area contributed by atoms with Crippen LogP contribution in [0.1, 0.15) is 30.5 Å². The number of carbonyl (C=O) groups excluding carboxylic acids is 1. The number of hydroxylamine groups is 2. The molecule has 1 fully saturated rings. The molecular weight excluding hydrogens is 259 g/mol. The molecule has 0 N–H and O–H groups in total.